The molecule has 1 aliphatic heterocycles. The Balaban J connectivity index is 2.16. The molecule has 0 aromatic heterocycles. The van der Waals surface area contributed by atoms with Crippen LogP contribution in [0.15, 0.2) is 24.3 Å². The average Bonchev–Trinajstić information content (AvgIpc) is 2.40. The minimum absolute atomic E-state index is 0.0411. The largest absolute Gasteiger partial charge is 0.494 e. The lowest BCUT2D eigenvalue weighted by molar-refractivity contribution is -0.132. The Bertz CT molecular complexity index is 467. The summed E-state index contributed by atoms with van der Waals surface area (Å²) in [6, 6.07) is 7.43. The van der Waals surface area contributed by atoms with E-state index < -0.39 is 5.92 Å². The molecule has 0 bridgehead atoms. The van der Waals surface area contributed by atoms with Gasteiger partial charge in [0, 0.05) is 12.2 Å². The van der Waals surface area contributed by atoms with Gasteiger partial charge in [0.1, 0.15) is 11.5 Å². The van der Waals surface area contributed by atoms with Crippen LogP contribution in [0.2, 0.25) is 0 Å². The van der Waals surface area contributed by atoms with E-state index in [1.807, 2.05) is 31.2 Å². The molecule has 1 aromatic carbocycles. The van der Waals surface area contributed by atoms with E-state index in [0.717, 1.165) is 17.9 Å². The summed E-state index contributed by atoms with van der Waals surface area (Å²) in [6.07, 6.45) is 1.53. The number of amides is 1. The van der Waals surface area contributed by atoms with Gasteiger partial charge in [0.15, 0.2) is 0 Å². The second-order valence-corrected chi connectivity index (χ2v) is 4.72. The molecule has 19 heavy (non-hydrogen) atoms. The van der Waals surface area contributed by atoms with Crippen LogP contribution in [0.5, 0.6) is 5.75 Å². The fourth-order valence-corrected chi connectivity index (χ4v) is 2.40. The van der Waals surface area contributed by atoms with Gasteiger partial charge >= 0.3 is 0 Å². The zero-order valence-electron chi connectivity index (χ0n) is 11.4. The monoisotopic (exact) mass is 261 g/mol. The lowest BCUT2D eigenvalue weighted by Crippen LogP contribution is -2.43. The zero-order chi connectivity index (χ0) is 13.8. The van der Waals surface area contributed by atoms with Crippen LogP contribution in [0.4, 0.5) is 5.69 Å². The third kappa shape index (κ3) is 2.95. The number of carbonyl (C=O) groups is 2. The Morgan fingerprint density at radius 2 is 2.05 bits per heavy atom. The number of ether oxygens (including phenoxy) is 1. The van der Waals surface area contributed by atoms with Crippen LogP contribution >= 0.6 is 0 Å². The van der Waals surface area contributed by atoms with Crippen molar-refractivity contribution in [1.29, 1.82) is 0 Å². The number of hydrogen-bond acceptors (Lipinski definition) is 3. The Morgan fingerprint density at radius 1 is 1.37 bits per heavy atom. The van der Waals surface area contributed by atoms with E-state index in [-0.39, 0.29) is 11.7 Å². The number of anilines is 1. The summed E-state index contributed by atoms with van der Waals surface area (Å²) in [5, 5.41) is 0. The van der Waals surface area contributed by atoms with Crippen LogP contribution in [0.3, 0.4) is 0 Å². The van der Waals surface area contributed by atoms with Crippen molar-refractivity contribution in [2.45, 2.75) is 26.7 Å². The average molecular weight is 261 g/mol. The third-order valence-electron chi connectivity index (χ3n) is 3.39. The molecular formula is C15H19NO3. The lowest BCUT2D eigenvalue weighted by atomic mass is 9.93. The molecule has 0 radical (unpaired) electrons. The van der Waals surface area contributed by atoms with Crippen LogP contribution in [0, 0.1) is 5.92 Å². The molecule has 0 spiro atoms. The fraction of sp³-hybridized carbons (Fsp3) is 0.467. The normalized spacial score (nSPS) is 19.4. The Morgan fingerprint density at radius 3 is 2.63 bits per heavy atom. The standard InChI is InChI=1S/C15H19NO3/c1-3-19-13-8-6-12(7-9-13)16-10-4-5-14(11(2)17)15(16)18/h6-9,14H,3-5,10H2,1-2H3. The summed E-state index contributed by atoms with van der Waals surface area (Å²) in [6.45, 7) is 4.72. The molecule has 102 valence electrons. The summed E-state index contributed by atoms with van der Waals surface area (Å²) in [5.74, 6) is 0.197. The van der Waals surface area contributed by atoms with Gasteiger partial charge in [-0.25, -0.2) is 0 Å². The lowest BCUT2D eigenvalue weighted by Gasteiger charge is -2.31. The molecule has 1 atom stereocenters. The van der Waals surface area contributed by atoms with E-state index in [9.17, 15) is 9.59 Å². The molecule has 4 nitrogen and oxygen atoms in total. The molecule has 1 aliphatic rings. The maximum atomic E-state index is 12.3. The molecule has 0 aliphatic carbocycles. The van der Waals surface area contributed by atoms with Crippen LogP contribution < -0.4 is 9.64 Å². The Kier molecular flexibility index (Phi) is 4.20. The second kappa shape index (κ2) is 5.87. The van der Waals surface area contributed by atoms with Crippen molar-refractivity contribution in [3.8, 4) is 5.75 Å². The number of carbonyl (C=O) groups excluding carboxylic acids is 2. The van der Waals surface area contributed by atoms with Crippen molar-refractivity contribution >= 4 is 17.4 Å². The summed E-state index contributed by atoms with van der Waals surface area (Å²) in [7, 11) is 0. The van der Waals surface area contributed by atoms with Gasteiger partial charge in [-0.05, 0) is 51.0 Å². The van der Waals surface area contributed by atoms with Gasteiger partial charge in [0.2, 0.25) is 5.91 Å². The first-order valence-electron chi connectivity index (χ1n) is 6.68. The predicted molar refractivity (Wildman–Crippen MR) is 73.4 cm³/mol. The Hall–Kier alpha value is -1.84. The molecule has 1 amide bonds. The molecule has 2 rings (SSSR count). The highest BCUT2D eigenvalue weighted by atomic mass is 16.5. The van der Waals surface area contributed by atoms with Crippen molar-refractivity contribution in [2.24, 2.45) is 5.92 Å². The first-order valence-corrected chi connectivity index (χ1v) is 6.68. The van der Waals surface area contributed by atoms with Gasteiger partial charge in [0.05, 0.1) is 12.5 Å². The van der Waals surface area contributed by atoms with Crippen LogP contribution in [-0.2, 0) is 9.59 Å². The zero-order valence-corrected chi connectivity index (χ0v) is 11.4. The number of hydrogen-bond donors (Lipinski definition) is 0. The topological polar surface area (TPSA) is 46.6 Å². The van der Waals surface area contributed by atoms with Crippen molar-refractivity contribution < 1.29 is 14.3 Å². The van der Waals surface area contributed by atoms with E-state index in [4.69, 9.17) is 4.74 Å². The highest BCUT2D eigenvalue weighted by Gasteiger charge is 2.32. The molecule has 4 heteroatoms. The predicted octanol–water partition coefficient (Wildman–Crippen LogP) is 2.42. The highest BCUT2D eigenvalue weighted by molar-refractivity contribution is 6.08. The van der Waals surface area contributed by atoms with E-state index in [2.05, 4.69) is 0 Å². The molecule has 0 saturated carbocycles. The molecule has 1 fully saturated rings. The Labute approximate surface area is 113 Å². The van der Waals surface area contributed by atoms with E-state index in [1.54, 1.807) is 4.90 Å². The van der Waals surface area contributed by atoms with E-state index in [1.165, 1.54) is 6.92 Å². The maximum absolute atomic E-state index is 12.3. The molecule has 1 heterocycles. The van der Waals surface area contributed by atoms with Gasteiger partial charge in [-0.15, -0.1) is 0 Å². The van der Waals surface area contributed by atoms with E-state index in [0.29, 0.717) is 19.6 Å². The van der Waals surface area contributed by atoms with Crippen molar-refractivity contribution in [1.82, 2.24) is 0 Å². The second-order valence-electron chi connectivity index (χ2n) is 4.72. The fourth-order valence-electron chi connectivity index (χ4n) is 2.40. The van der Waals surface area contributed by atoms with Crippen LogP contribution in [0.25, 0.3) is 0 Å². The number of benzene rings is 1. The molecule has 1 aromatic rings. The summed E-state index contributed by atoms with van der Waals surface area (Å²) in [4.78, 5) is 25.4. The number of rotatable bonds is 4. The number of ketones is 1. The molecule has 1 saturated heterocycles. The smallest absolute Gasteiger partial charge is 0.237 e. The first kappa shape index (κ1) is 13.6. The van der Waals surface area contributed by atoms with Crippen molar-refractivity contribution in [3.63, 3.8) is 0 Å². The number of Topliss-reactive ketones (excluding diaryl/α,β-unsaturated/α-hetero) is 1. The minimum Gasteiger partial charge on any atom is -0.494 e. The molecule has 0 N–H and O–H groups in total. The van der Waals surface area contributed by atoms with Crippen LogP contribution in [-0.4, -0.2) is 24.8 Å². The summed E-state index contributed by atoms with van der Waals surface area (Å²) < 4.78 is 5.38. The van der Waals surface area contributed by atoms with Crippen LogP contribution in [0.1, 0.15) is 26.7 Å². The first-order chi connectivity index (χ1) is 9.13. The van der Waals surface area contributed by atoms with Gasteiger partial charge in [-0.2, -0.15) is 0 Å². The number of piperidine rings is 1. The van der Waals surface area contributed by atoms with E-state index >= 15 is 0 Å². The SMILES string of the molecule is CCOc1ccc(N2CCCC(C(C)=O)C2=O)cc1. The number of nitrogens with zero attached hydrogens (tertiary/aromatic N) is 1. The van der Waals surface area contributed by atoms with Gasteiger partial charge in [-0.3, -0.25) is 9.59 Å². The van der Waals surface area contributed by atoms with Gasteiger partial charge in [0.25, 0.3) is 0 Å². The molecular weight excluding hydrogens is 242 g/mol. The van der Waals surface area contributed by atoms with Gasteiger partial charge in [-0.1, -0.05) is 0 Å². The third-order valence-corrected chi connectivity index (χ3v) is 3.39. The summed E-state index contributed by atoms with van der Waals surface area (Å²) >= 11 is 0. The quantitative estimate of drug-likeness (QED) is 0.782. The highest BCUT2D eigenvalue weighted by Crippen LogP contribution is 2.26. The minimum atomic E-state index is -0.472. The van der Waals surface area contributed by atoms with Crippen molar-refractivity contribution in [3.05, 3.63) is 24.3 Å². The molecule has 1 unspecified atom stereocenters. The van der Waals surface area contributed by atoms with Gasteiger partial charge < -0.3 is 9.64 Å². The maximum Gasteiger partial charge on any atom is 0.237 e. The summed E-state index contributed by atoms with van der Waals surface area (Å²) in [5.41, 5.74) is 0.833. The van der Waals surface area contributed by atoms with Crippen molar-refractivity contribution in [2.75, 3.05) is 18.1 Å².